The Kier molecular flexibility index (Phi) is 3.97. The smallest absolute Gasteiger partial charge is 0.225 e. The van der Waals surface area contributed by atoms with E-state index in [1.807, 2.05) is 30.3 Å². The van der Waals surface area contributed by atoms with E-state index in [-0.39, 0.29) is 0 Å². The van der Waals surface area contributed by atoms with Gasteiger partial charge in [0.2, 0.25) is 5.95 Å². The number of hydrogen-bond acceptors (Lipinski definition) is 7. The van der Waals surface area contributed by atoms with Gasteiger partial charge in [0.1, 0.15) is 0 Å². The summed E-state index contributed by atoms with van der Waals surface area (Å²) >= 11 is 0. The topological polar surface area (TPSA) is 70.9 Å². The molecule has 0 saturated carbocycles. The fourth-order valence-corrected chi connectivity index (χ4v) is 2.76. The van der Waals surface area contributed by atoms with Gasteiger partial charge in [-0.15, -0.1) is 10.2 Å². The highest BCUT2D eigenvalue weighted by molar-refractivity contribution is 5.59. The molecule has 0 radical (unpaired) electrons. The first-order valence-corrected chi connectivity index (χ1v) is 7.91. The molecule has 4 rings (SSSR count). The summed E-state index contributed by atoms with van der Waals surface area (Å²) in [5.41, 5.74) is 1.88. The average molecular weight is 319 g/mol. The highest BCUT2D eigenvalue weighted by Gasteiger charge is 2.20. The maximum absolute atomic E-state index is 4.38. The molecule has 7 nitrogen and oxygen atoms in total. The predicted octanol–water partition coefficient (Wildman–Crippen LogP) is 1.66. The fraction of sp³-hybridized carbons (Fsp3) is 0.235. The van der Waals surface area contributed by atoms with Crippen molar-refractivity contribution in [2.45, 2.75) is 0 Å². The molecule has 0 aromatic carbocycles. The molecule has 1 aliphatic rings. The van der Waals surface area contributed by atoms with Crippen LogP contribution < -0.4 is 9.80 Å². The first kappa shape index (κ1) is 14.5. The van der Waals surface area contributed by atoms with Crippen LogP contribution in [0.3, 0.4) is 0 Å². The molecule has 1 saturated heterocycles. The van der Waals surface area contributed by atoms with Crippen molar-refractivity contribution < 1.29 is 0 Å². The molecule has 0 unspecified atom stereocenters. The van der Waals surface area contributed by atoms with Gasteiger partial charge in [-0.05, 0) is 30.3 Å². The zero-order valence-corrected chi connectivity index (χ0v) is 13.2. The van der Waals surface area contributed by atoms with Gasteiger partial charge in [0, 0.05) is 56.5 Å². The molecule has 0 bridgehead atoms. The minimum Gasteiger partial charge on any atom is -0.352 e. The van der Waals surface area contributed by atoms with Crippen LogP contribution in [0.15, 0.2) is 55.1 Å². The predicted molar refractivity (Wildman–Crippen MR) is 91.7 cm³/mol. The van der Waals surface area contributed by atoms with Crippen LogP contribution in [0.2, 0.25) is 0 Å². The lowest BCUT2D eigenvalue weighted by atomic mass is 10.2. The summed E-state index contributed by atoms with van der Waals surface area (Å²) in [5.74, 6) is 1.69. The molecule has 120 valence electrons. The monoisotopic (exact) mass is 319 g/mol. The normalized spacial score (nSPS) is 14.7. The lowest BCUT2D eigenvalue weighted by molar-refractivity contribution is 0.631. The third-order valence-corrected chi connectivity index (χ3v) is 4.07. The molecule has 3 aromatic heterocycles. The second-order valence-corrected chi connectivity index (χ2v) is 5.54. The summed E-state index contributed by atoms with van der Waals surface area (Å²) < 4.78 is 0. The Morgan fingerprint density at radius 1 is 0.708 bits per heavy atom. The van der Waals surface area contributed by atoms with Crippen molar-refractivity contribution >= 4 is 11.8 Å². The van der Waals surface area contributed by atoms with Crippen molar-refractivity contribution in [3.05, 3.63) is 55.1 Å². The maximum atomic E-state index is 4.38. The molecule has 0 spiro atoms. The number of anilines is 2. The van der Waals surface area contributed by atoms with E-state index in [1.165, 1.54) is 0 Å². The Balaban J connectivity index is 1.43. The number of piperazine rings is 1. The van der Waals surface area contributed by atoms with Gasteiger partial charge in [0.25, 0.3) is 0 Å². The van der Waals surface area contributed by atoms with Crippen molar-refractivity contribution in [1.29, 1.82) is 0 Å². The molecule has 0 amide bonds. The van der Waals surface area contributed by atoms with Crippen molar-refractivity contribution in [3.63, 3.8) is 0 Å². The summed E-state index contributed by atoms with van der Waals surface area (Å²) in [7, 11) is 0. The van der Waals surface area contributed by atoms with Gasteiger partial charge in [-0.3, -0.25) is 4.98 Å². The van der Waals surface area contributed by atoms with Gasteiger partial charge in [-0.25, -0.2) is 9.97 Å². The third-order valence-electron chi connectivity index (χ3n) is 4.07. The number of pyridine rings is 1. The lowest BCUT2D eigenvalue weighted by Gasteiger charge is -2.35. The van der Waals surface area contributed by atoms with Crippen LogP contribution in [0.5, 0.6) is 0 Å². The third kappa shape index (κ3) is 3.01. The van der Waals surface area contributed by atoms with E-state index in [9.17, 15) is 0 Å². The molecular formula is C17H17N7. The first-order valence-electron chi connectivity index (χ1n) is 7.91. The van der Waals surface area contributed by atoms with Crippen LogP contribution in [0, 0.1) is 0 Å². The number of hydrogen-bond donors (Lipinski definition) is 0. The molecule has 1 aliphatic heterocycles. The summed E-state index contributed by atoms with van der Waals surface area (Å²) in [4.78, 5) is 17.1. The van der Waals surface area contributed by atoms with E-state index < -0.39 is 0 Å². The summed E-state index contributed by atoms with van der Waals surface area (Å²) in [6.45, 7) is 3.50. The van der Waals surface area contributed by atoms with Crippen LogP contribution in [0.1, 0.15) is 0 Å². The lowest BCUT2D eigenvalue weighted by Crippen LogP contribution is -2.47. The van der Waals surface area contributed by atoms with Gasteiger partial charge < -0.3 is 9.80 Å². The molecule has 0 atom stereocenters. The quantitative estimate of drug-likeness (QED) is 0.727. The van der Waals surface area contributed by atoms with Gasteiger partial charge in [0.05, 0.1) is 5.69 Å². The van der Waals surface area contributed by atoms with E-state index in [2.05, 4.69) is 34.9 Å². The van der Waals surface area contributed by atoms with E-state index in [0.29, 0.717) is 0 Å². The van der Waals surface area contributed by atoms with E-state index in [4.69, 9.17) is 0 Å². The molecule has 0 aliphatic carbocycles. The minimum atomic E-state index is 0.788. The van der Waals surface area contributed by atoms with E-state index in [1.54, 1.807) is 24.8 Å². The Morgan fingerprint density at radius 2 is 1.42 bits per heavy atom. The summed E-state index contributed by atoms with van der Waals surface area (Å²) in [6, 6.07) is 9.73. The standard InChI is InChI=1S/C17H17N7/c1-6-19-17(20-7-1)24-12-10-23(11-13-24)16-3-2-15(21-22-16)14-4-8-18-9-5-14/h1-9H,10-13H2. The summed E-state index contributed by atoms with van der Waals surface area (Å²) in [6.07, 6.45) is 7.07. The van der Waals surface area contributed by atoms with Gasteiger partial charge in [-0.1, -0.05) is 0 Å². The zero-order valence-electron chi connectivity index (χ0n) is 13.2. The number of nitrogens with zero attached hydrogens (tertiary/aromatic N) is 7. The second-order valence-electron chi connectivity index (χ2n) is 5.54. The van der Waals surface area contributed by atoms with Crippen LogP contribution in [-0.4, -0.2) is 51.3 Å². The van der Waals surface area contributed by atoms with Crippen molar-refractivity contribution in [1.82, 2.24) is 25.1 Å². The van der Waals surface area contributed by atoms with Crippen LogP contribution in [0.4, 0.5) is 11.8 Å². The van der Waals surface area contributed by atoms with Crippen molar-refractivity contribution in [2.75, 3.05) is 36.0 Å². The number of rotatable bonds is 3. The molecule has 0 N–H and O–H groups in total. The maximum Gasteiger partial charge on any atom is 0.225 e. The summed E-state index contributed by atoms with van der Waals surface area (Å²) in [5, 5.41) is 8.73. The largest absolute Gasteiger partial charge is 0.352 e. The Labute approximate surface area is 140 Å². The highest BCUT2D eigenvalue weighted by atomic mass is 15.3. The van der Waals surface area contributed by atoms with Crippen molar-refractivity contribution in [2.24, 2.45) is 0 Å². The van der Waals surface area contributed by atoms with Gasteiger partial charge in [-0.2, -0.15) is 0 Å². The average Bonchev–Trinajstić information content (AvgIpc) is 2.70. The molecule has 24 heavy (non-hydrogen) atoms. The molecule has 4 heterocycles. The minimum absolute atomic E-state index is 0.788. The first-order chi connectivity index (χ1) is 11.9. The molecular weight excluding hydrogens is 302 g/mol. The SMILES string of the molecule is c1cnc(N2CCN(c3ccc(-c4ccncc4)nn3)CC2)nc1. The second kappa shape index (κ2) is 6.57. The highest BCUT2D eigenvalue weighted by Crippen LogP contribution is 2.19. The zero-order chi connectivity index (χ0) is 16.2. The van der Waals surface area contributed by atoms with E-state index >= 15 is 0 Å². The van der Waals surface area contributed by atoms with E-state index in [0.717, 1.165) is 49.2 Å². The molecule has 1 fully saturated rings. The Bertz CT molecular complexity index is 769. The van der Waals surface area contributed by atoms with Crippen molar-refractivity contribution in [3.8, 4) is 11.3 Å². The molecule has 7 heteroatoms. The van der Waals surface area contributed by atoms with Crippen LogP contribution in [0.25, 0.3) is 11.3 Å². The van der Waals surface area contributed by atoms with Gasteiger partial charge in [0.15, 0.2) is 5.82 Å². The Hall–Kier alpha value is -3.09. The van der Waals surface area contributed by atoms with Crippen LogP contribution >= 0.6 is 0 Å². The Morgan fingerprint density at radius 3 is 2.08 bits per heavy atom. The molecule has 3 aromatic rings. The fourth-order valence-electron chi connectivity index (χ4n) is 2.76. The number of aromatic nitrogens is 5. The van der Waals surface area contributed by atoms with Crippen LogP contribution in [-0.2, 0) is 0 Å². The van der Waals surface area contributed by atoms with Gasteiger partial charge >= 0.3 is 0 Å².